The molecule has 3 N–H and O–H groups in total. The van der Waals surface area contributed by atoms with Crippen molar-refractivity contribution in [2.24, 2.45) is 0 Å². The second-order valence-electron chi connectivity index (χ2n) is 6.71. The highest BCUT2D eigenvalue weighted by Gasteiger charge is 2.35. The van der Waals surface area contributed by atoms with Gasteiger partial charge in [0.2, 0.25) is 0 Å². The third kappa shape index (κ3) is 2.67. The minimum Gasteiger partial charge on any atom is -0.478 e. The summed E-state index contributed by atoms with van der Waals surface area (Å²) >= 11 is 0. The van der Waals surface area contributed by atoms with Crippen molar-refractivity contribution in [3.05, 3.63) is 23.8 Å². The van der Waals surface area contributed by atoms with Gasteiger partial charge in [-0.25, -0.2) is 0 Å². The van der Waals surface area contributed by atoms with Gasteiger partial charge in [0.1, 0.15) is 0 Å². The highest BCUT2D eigenvalue weighted by Crippen LogP contribution is 2.34. The molecule has 1 aromatic carbocycles. The van der Waals surface area contributed by atoms with Crippen LogP contribution in [0.5, 0.6) is 5.75 Å². The molecule has 4 rings (SSSR count). The molecule has 2 saturated heterocycles. The number of nitrogens with one attached hydrogen (secondary N) is 3. The molecule has 0 spiro atoms. The van der Waals surface area contributed by atoms with Gasteiger partial charge in [-0.3, -0.25) is 9.59 Å². The molecular formula is C17H21N3O3. The number of carbonyl (C=O) groups is 2. The Balaban J connectivity index is 1.53. The molecule has 3 atom stereocenters. The van der Waals surface area contributed by atoms with E-state index in [-0.39, 0.29) is 17.9 Å². The van der Waals surface area contributed by atoms with Gasteiger partial charge in [0.05, 0.1) is 11.3 Å². The zero-order valence-corrected chi connectivity index (χ0v) is 13.1. The third-order valence-electron chi connectivity index (χ3n) is 4.99. The number of hydrogen-bond donors (Lipinski definition) is 3. The van der Waals surface area contributed by atoms with Crippen molar-refractivity contribution >= 4 is 17.5 Å². The molecule has 3 aliphatic heterocycles. The normalized spacial score (nSPS) is 31.8. The van der Waals surface area contributed by atoms with Gasteiger partial charge in [0.25, 0.3) is 11.8 Å². The molecule has 0 saturated carbocycles. The molecule has 0 aliphatic carbocycles. The number of para-hydroxylation sites is 1. The number of carbonyl (C=O) groups excluding carboxylic acids is 2. The van der Waals surface area contributed by atoms with Crippen LogP contribution < -0.4 is 20.7 Å². The molecule has 2 bridgehead atoms. The van der Waals surface area contributed by atoms with Crippen LogP contribution in [0.25, 0.3) is 0 Å². The highest BCUT2D eigenvalue weighted by molar-refractivity contribution is 6.04. The van der Waals surface area contributed by atoms with E-state index in [1.54, 1.807) is 25.1 Å². The molecule has 1 aromatic rings. The van der Waals surface area contributed by atoms with E-state index in [2.05, 4.69) is 16.0 Å². The van der Waals surface area contributed by atoms with Gasteiger partial charge in [-0.05, 0) is 44.7 Å². The summed E-state index contributed by atoms with van der Waals surface area (Å²) in [6.45, 7) is 1.68. The minimum atomic E-state index is -0.592. The predicted octanol–water partition coefficient (Wildman–Crippen LogP) is 1.42. The fraction of sp³-hybridized carbons (Fsp3) is 0.529. The van der Waals surface area contributed by atoms with Crippen LogP contribution in [0.4, 0.5) is 5.69 Å². The molecule has 2 fully saturated rings. The average Bonchev–Trinajstić information content (AvgIpc) is 2.86. The van der Waals surface area contributed by atoms with E-state index in [0.717, 1.165) is 12.8 Å². The van der Waals surface area contributed by atoms with Crippen molar-refractivity contribution in [3.8, 4) is 5.75 Å². The number of fused-ring (bicyclic) bond motifs is 3. The van der Waals surface area contributed by atoms with Gasteiger partial charge in [0, 0.05) is 18.1 Å². The molecular weight excluding hydrogens is 294 g/mol. The van der Waals surface area contributed by atoms with Gasteiger partial charge in [-0.2, -0.15) is 0 Å². The van der Waals surface area contributed by atoms with E-state index in [1.807, 2.05) is 0 Å². The molecule has 3 unspecified atom stereocenters. The number of hydrogen-bond acceptors (Lipinski definition) is 4. The van der Waals surface area contributed by atoms with Gasteiger partial charge in [-0.15, -0.1) is 0 Å². The van der Waals surface area contributed by atoms with Crippen molar-refractivity contribution in [1.29, 1.82) is 0 Å². The Morgan fingerprint density at radius 1 is 1.26 bits per heavy atom. The molecule has 3 aliphatic rings. The van der Waals surface area contributed by atoms with E-state index < -0.39 is 6.10 Å². The van der Waals surface area contributed by atoms with Crippen LogP contribution in [0.1, 0.15) is 43.0 Å². The van der Waals surface area contributed by atoms with Crippen molar-refractivity contribution in [2.45, 2.75) is 56.8 Å². The average molecular weight is 315 g/mol. The van der Waals surface area contributed by atoms with Crippen LogP contribution in [0, 0.1) is 0 Å². The first kappa shape index (κ1) is 14.5. The Labute approximate surface area is 135 Å². The van der Waals surface area contributed by atoms with Crippen molar-refractivity contribution in [3.63, 3.8) is 0 Å². The SMILES string of the molecule is CC1Oc2c(cccc2C(=O)NC2CC3CCC(C2)N3)NC1=O. The lowest BCUT2D eigenvalue weighted by atomic mass is 9.99. The maximum absolute atomic E-state index is 12.7. The van der Waals surface area contributed by atoms with E-state index in [4.69, 9.17) is 4.74 Å². The quantitative estimate of drug-likeness (QED) is 0.771. The number of piperidine rings is 1. The summed E-state index contributed by atoms with van der Waals surface area (Å²) in [5.41, 5.74) is 1.05. The van der Waals surface area contributed by atoms with E-state index in [0.29, 0.717) is 29.1 Å². The molecule has 0 aromatic heterocycles. The van der Waals surface area contributed by atoms with E-state index in [1.165, 1.54) is 12.8 Å². The molecule has 0 radical (unpaired) electrons. The lowest BCUT2D eigenvalue weighted by molar-refractivity contribution is -0.122. The Morgan fingerprint density at radius 2 is 2.00 bits per heavy atom. The predicted molar refractivity (Wildman–Crippen MR) is 85.6 cm³/mol. The lowest BCUT2D eigenvalue weighted by Gasteiger charge is -2.30. The monoisotopic (exact) mass is 315 g/mol. The summed E-state index contributed by atoms with van der Waals surface area (Å²) < 4.78 is 5.65. The van der Waals surface area contributed by atoms with Crippen LogP contribution in [0.3, 0.4) is 0 Å². The smallest absolute Gasteiger partial charge is 0.265 e. The van der Waals surface area contributed by atoms with Gasteiger partial charge >= 0.3 is 0 Å². The van der Waals surface area contributed by atoms with Gasteiger partial charge in [-0.1, -0.05) is 6.07 Å². The second-order valence-corrected chi connectivity index (χ2v) is 6.71. The first-order valence-corrected chi connectivity index (χ1v) is 8.27. The first-order valence-electron chi connectivity index (χ1n) is 8.27. The fourth-order valence-electron chi connectivity index (χ4n) is 3.84. The van der Waals surface area contributed by atoms with Crippen molar-refractivity contribution < 1.29 is 14.3 Å². The molecule has 23 heavy (non-hydrogen) atoms. The molecule has 6 heteroatoms. The zero-order chi connectivity index (χ0) is 16.0. The van der Waals surface area contributed by atoms with E-state index in [9.17, 15) is 9.59 Å². The standard InChI is InChI=1S/C17H21N3O3/c1-9-16(21)20-14-4-2-3-13(15(14)23-9)17(22)19-12-7-10-5-6-11(8-12)18-10/h2-4,9-12,18H,5-8H2,1H3,(H,19,22)(H,20,21). The number of benzene rings is 1. The van der Waals surface area contributed by atoms with E-state index >= 15 is 0 Å². The Hall–Kier alpha value is -2.08. The summed E-state index contributed by atoms with van der Waals surface area (Å²) in [6.07, 6.45) is 3.76. The summed E-state index contributed by atoms with van der Waals surface area (Å²) in [5, 5.41) is 9.49. The van der Waals surface area contributed by atoms with Crippen molar-refractivity contribution in [2.75, 3.05) is 5.32 Å². The third-order valence-corrected chi connectivity index (χ3v) is 4.99. The van der Waals surface area contributed by atoms with Crippen LogP contribution in [0.15, 0.2) is 18.2 Å². The first-order chi connectivity index (χ1) is 11.1. The van der Waals surface area contributed by atoms with Gasteiger partial charge in [0.15, 0.2) is 11.9 Å². The van der Waals surface area contributed by atoms with Crippen molar-refractivity contribution in [1.82, 2.24) is 10.6 Å². The highest BCUT2D eigenvalue weighted by atomic mass is 16.5. The summed E-state index contributed by atoms with van der Waals surface area (Å²) in [7, 11) is 0. The largest absolute Gasteiger partial charge is 0.478 e. The van der Waals surface area contributed by atoms with Crippen LogP contribution >= 0.6 is 0 Å². The molecule has 6 nitrogen and oxygen atoms in total. The Kier molecular flexibility index (Phi) is 3.49. The summed E-state index contributed by atoms with van der Waals surface area (Å²) in [6, 6.07) is 6.51. The molecule has 2 amide bonds. The lowest BCUT2D eigenvalue weighted by Crippen LogP contribution is -2.48. The second kappa shape index (κ2) is 5.53. The minimum absolute atomic E-state index is 0.128. The fourth-order valence-corrected chi connectivity index (χ4v) is 3.84. The number of rotatable bonds is 2. The molecule has 122 valence electrons. The van der Waals surface area contributed by atoms with Crippen LogP contribution in [-0.4, -0.2) is 36.0 Å². The zero-order valence-electron chi connectivity index (χ0n) is 13.1. The maximum Gasteiger partial charge on any atom is 0.265 e. The maximum atomic E-state index is 12.7. The Bertz CT molecular complexity index is 648. The van der Waals surface area contributed by atoms with Crippen LogP contribution in [-0.2, 0) is 4.79 Å². The molecule has 3 heterocycles. The van der Waals surface area contributed by atoms with Gasteiger partial charge < -0.3 is 20.7 Å². The number of anilines is 1. The summed E-state index contributed by atoms with van der Waals surface area (Å²) in [4.78, 5) is 24.4. The topological polar surface area (TPSA) is 79.5 Å². The van der Waals surface area contributed by atoms with Crippen LogP contribution in [0.2, 0.25) is 0 Å². The summed E-state index contributed by atoms with van der Waals surface area (Å²) in [5.74, 6) is 0.149. The number of amides is 2. The Morgan fingerprint density at radius 3 is 2.74 bits per heavy atom. The number of ether oxygens (including phenoxy) is 1.